The van der Waals surface area contributed by atoms with Crippen LogP contribution >= 0.6 is 11.6 Å². The fraction of sp³-hybridized carbons (Fsp3) is 0.571. The van der Waals surface area contributed by atoms with Gasteiger partial charge in [0.2, 0.25) is 5.15 Å². The van der Waals surface area contributed by atoms with Crippen LogP contribution in [0.1, 0.15) is 25.6 Å². The molecular weight excluding hydrogens is 194 g/mol. The average molecular weight is 204 g/mol. The molecule has 0 bridgehead atoms. The molecule has 1 aromatic heterocycles. The van der Waals surface area contributed by atoms with Crippen molar-refractivity contribution in [3.63, 3.8) is 0 Å². The molecular formula is C7H10ClN3O2. The number of nitro groups is 1. The van der Waals surface area contributed by atoms with Gasteiger partial charge in [-0.1, -0.05) is 25.4 Å². The Morgan fingerprint density at radius 2 is 2.15 bits per heavy atom. The number of hydrogen-bond acceptors (Lipinski definition) is 3. The molecule has 0 aromatic carbocycles. The van der Waals surface area contributed by atoms with Gasteiger partial charge in [-0.15, -0.1) is 0 Å². The van der Waals surface area contributed by atoms with Crippen molar-refractivity contribution in [2.45, 2.75) is 19.8 Å². The molecule has 1 rings (SSSR count). The first kappa shape index (κ1) is 9.98. The smallest absolute Gasteiger partial charge is 0.358 e. The van der Waals surface area contributed by atoms with E-state index in [4.69, 9.17) is 11.6 Å². The van der Waals surface area contributed by atoms with E-state index in [0.29, 0.717) is 5.82 Å². The second-order valence-corrected chi connectivity index (χ2v) is 3.41. The summed E-state index contributed by atoms with van der Waals surface area (Å²) in [5, 5.41) is 10.5. The average Bonchev–Trinajstić information content (AvgIpc) is 2.26. The lowest BCUT2D eigenvalue weighted by Gasteiger charge is -1.99. The second-order valence-electron chi connectivity index (χ2n) is 3.06. The quantitative estimate of drug-likeness (QED) is 0.546. The van der Waals surface area contributed by atoms with Crippen LogP contribution in [0, 0.1) is 10.1 Å². The van der Waals surface area contributed by atoms with E-state index in [2.05, 4.69) is 4.98 Å². The van der Waals surface area contributed by atoms with Crippen LogP contribution in [0.4, 0.5) is 5.82 Å². The molecule has 1 heterocycles. The molecule has 1 aromatic rings. The van der Waals surface area contributed by atoms with E-state index < -0.39 is 4.92 Å². The molecule has 6 heteroatoms. The summed E-state index contributed by atoms with van der Waals surface area (Å²) >= 11 is 5.62. The number of halogens is 1. The van der Waals surface area contributed by atoms with E-state index >= 15 is 0 Å². The van der Waals surface area contributed by atoms with E-state index in [1.807, 2.05) is 13.8 Å². The van der Waals surface area contributed by atoms with Gasteiger partial charge in [0.15, 0.2) is 5.82 Å². The molecule has 5 nitrogen and oxygen atoms in total. The summed E-state index contributed by atoms with van der Waals surface area (Å²) in [7, 11) is 1.59. The van der Waals surface area contributed by atoms with Gasteiger partial charge in [-0.3, -0.25) is 0 Å². The van der Waals surface area contributed by atoms with E-state index in [-0.39, 0.29) is 16.9 Å². The summed E-state index contributed by atoms with van der Waals surface area (Å²) in [5.41, 5.74) is 0. The minimum atomic E-state index is -0.527. The van der Waals surface area contributed by atoms with Crippen LogP contribution in [0.2, 0.25) is 5.15 Å². The van der Waals surface area contributed by atoms with Crippen molar-refractivity contribution < 1.29 is 4.92 Å². The molecule has 0 aliphatic rings. The van der Waals surface area contributed by atoms with Gasteiger partial charge in [-0.2, -0.15) is 4.98 Å². The van der Waals surface area contributed by atoms with Crippen LogP contribution in [-0.2, 0) is 7.05 Å². The Hall–Kier alpha value is -1.10. The topological polar surface area (TPSA) is 61.0 Å². The third kappa shape index (κ3) is 1.65. The monoisotopic (exact) mass is 203 g/mol. The van der Waals surface area contributed by atoms with E-state index in [9.17, 15) is 10.1 Å². The van der Waals surface area contributed by atoms with Crippen molar-refractivity contribution >= 4 is 17.4 Å². The van der Waals surface area contributed by atoms with Crippen LogP contribution in [0.3, 0.4) is 0 Å². The summed E-state index contributed by atoms with van der Waals surface area (Å²) in [6.45, 7) is 3.81. The van der Waals surface area contributed by atoms with E-state index in [1.165, 1.54) is 4.57 Å². The number of hydrogen-bond donors (Lipinski definition) is 0. The van der Waals surface area contributed by atoms with Crippen LogP contribution in [0.25, 0.3) is 0 Å². The minimum absolute atomic E-state index is 0.0452. The molecule has 13 heavy (non-hydrogen) atoms. The first-order valence-electron chi connectivity index (χ1n) is 3.81. The van der Waals surface area contributed by atoms with Gasteiger partial charge in [-0.05, 0) is 4.92 Å². The van der Waals surface area contributed by atoms with Crippen LogP contribution in [0.5, 0.6) is 0 Å². The highest BCUT2D eigenvalue weighted by atomic mass is 35.5. The molecule has 0 fully saturated rings. The lowest BCUT2D eigenvalue weighted by atomic mass is 10.2. The van der Waals surface area contributed by atoms with Crippen molar-refractivity contribution in [2.75, 3.05) is 0 Å². The summed E-state index contributed by atoms with van der Waals surface area (Å²) in [6, 6.07) is 0. The van der Waals surface area contributed by atoms with Crippen molar-refractivity contribution in [1.82, 2.24) is 9.55 Å². The normalized spacial score (nSPS) is 10.8. The summed E-state index contributed by atoms with van der Waals surface area (Å²) in [5.74, 6) is 0.596. The lowest BCUT2D eigenvalue weighted by molar-refractivity contribution is -0.391. The second kappa shape index (κ2) is 3.33. The highest BCUT2D eigenvalue weighted by Crippen LogP contribution is 2.27. The highest BCUT2D eigenvalue weighted by Gasteiger charge is 2.24. The number of rotatable bonds is 2. The number of imidazole rings is 1. The van der Waals surface area contributed by atoms with Crippen molar-refractivity contribution in [2.24, 2.45) is 7.05 Å². The van der Waals surface area contributed by atoms with Crippen LogP contribution in [-0.4, -0.2) is 14.5 Å². The van der Waals surface area contributed by atoms with Gasteiger partial charge in [0.25, 0.3) is 0 Å². The Labute approximate surface area is 80.5 Å². The minimum Gasteiger partial charge on any atom is -0.358 e. The van der Waals surface area contributed by atoms with Crippen LogP contribution in [0.15, 0.2) is 0 Å². The zero-order valence-electron chi connectivity index (χ0n) is 7.61. The van der Waals surface area contributed by atoms with Gasteiger partial charge in [-0.25, -0.2) is 4.57 Å². The first-order chi connectivity index (χ1) is 5.95. The van der Waals surface area contributed by atoms with E-state index in [0.717, 1.165) is 0 Å². The third-order valence-corrected chi connectivity index (χ3v) is 2.00. The number of nitrogens with zero attached hydrogens (tertiary/aromatic N) is 3. The van der Waals surface area contributed by atoms with Crippen molar-refractivity contribution in [1.29, 1.82) is 0 Å². The third-order valence-electron chi connectivity index (χ3n) is 1.75. The van der Waals surface area contributed by atoms with E-state index in [1.54, 1.807) is 7.05 Å². The standard InChI is InChI=1S/C7H10ClN3O2/c1-4(2)6-9-5(8)7(10(6)3)11(12)13/h4H,1-3H3. The molecule has 0 unspecified atom stereocenters. The Morgan fingerprint density at radius 3 is 2.38 bits per heavy atom. The lowest BCUT2D eigenvalue weighted by Crippen LogP contribution is -2.03. The molecule has 72 valence electrons. The van der Waals surface area contributed by atoms with Crippen molar-refractivity contribution in [3.05, 3.63) is 21.1 Å². The largest absolute Gasteiger partial charge is 0.361 e. The number of aromatic nitrogens is 2. The summed E-state index contributed by atoms with van der Waals surface area (Å²) < 4.78 is 1.41. The maximum atomic E-state index is 10.5. The van der Waals surface area contributed by atoms with Gasteiger partial charge in [0.05, 0.1) is 7.05 Å². The predicted molar refractivity (Wildman–Crippen MR) is 49.0 cm³/mol. The zero-order chi connectivity index (χ0) is 10.2. The molecule has 0 radical (unpaired) electrons. The van der Waals surface area contributed by atoms with Crippen LogP contribution < -0.4 is 0 Å². The Bertz CT molecular complexity index is 346. The fourth-order valence-corrected chi connectivity index (χ4v) is 1.47. The molecule has 0 amide bonds. The molecule has 0 N–H and O–H groups in total. The Morgan fingerprint density at radius 1 is 1.62 bits per heavy atom. The molecule has 0 atom stereocenters. The first-order valence-corrected chi connectivity index (χ1v) is 4.19. The van der Waals surface area contributed by atoms with Gasteiger partial charge in [0.1, 0.15) is 0 Å². The molecule has 0 saturated carbocycles. The SMILES string of the molecule is CC(C)c1nc(Cl)c([N+](=O)[O-])n1C. The van der Waals surface area contributed by atoms with Crippen molar-refractivity contribution in [3.8, 4) is 0 Å². The fourth-order valence-electron chi connectivity index (χ4n) is 1.19. The van der Waals surface area contributed by atoms with Gasteiger partial charge < -0.3 is 10.1 Å². The molecule has 0 saturated heterocycles. The zero-order valence-corrected chi connectivity index (χ0v) is 8.37. The Kier molecular flexibility index (Phi) is 2.56. The summed E-state index contributed by atoms with van der Waals surface area (Å²) in [4.78, 5) is 13.9. The summed E-state index contributed by atoms with van der Waals surface area (Å²) in [6.07, 6.45) is 0. The molecule has 0 aliphatic heterocycles. The molecule has 0 aliphatic carbocycles. The highest BCUT2D eigenvalue weighted by molar-refractivity contribution is 6.31. The maximum Gasteiger partial charge on any atom is 0.361 e. The predicted octanol–water partition coefficient (Wildman–Crippen LogP) is 2.11. The maximum absolute atomic E-state index is 10.5. The van der Waals surface area contributed by atoms with Gasteiger partial charge in [0, 0.05) is 5.92 Å². The molecule has 0 spiro atoms. The Balaban J connectivity index is 3.30. The van der Waals surface area contributed by atoms with Gasteiger partial charge >= 0.3 is 5.82 Å².